The maximum absolute atomic E-state index is 3.30. The van der Waals surface area contributed by atoms with E-state index in [2.05, 4.69) is 112 Å². The molecule has 0 saturated carbocycles. The smallest absolute Gasteiger partial charge is 0.0253 e. The average molecular weight is 593 g/mol. The Kier molecular flexibility index (Phi) is 12.7. The fourth-order valence-electron chi connectivity index (χ4n) is 3.98. The van der Waals surface area contributed by atoms with Gasteiger partial charge in [-0.1, -0.05) is 58.6 Å². The summed E-state index contributed by atoms with van der Waals surface area (Å²) in [7, 11) is 0. The standard InChI is InChI=1S/C13H9.C10H9S.C8H8.2ClH.Zr/c1-3-7-12-10(5-1)9-11-6-2-4-8-13(11)12;1-8-3-2-4-10(8)9-5-6-11-7-9;1-2-8-6-4-3-5-7-8;;;/h1-5,7-8H,9H2;2-7H,1H3;1,3-7H,2H2;2*1H;/q2*-1;;;;+2/p-2. The molecule has 0 nitrogen and oxygen atoms in total. The largest absolute Gasteiger partial charge is 0.179 e. The second-order valence-electron chi connectivity index (χ2n) is 7.92. The molecule has 0 amide bonds. The first-order chi connectivity index (χ1) is 16.3. The van der Waals surface area contributed by atoms with E-state index >= 15 is 0 Å². The summed E-state index contributed by atoms with van der Waals surface area (Å²) in [5, 5.41) is 4.30. The molecule has 4 heteroatoms. The van der Waals surface area contributed by atoms with Crippen LogP contribution in [0, 0.1) is 13.0 Å². The van der Waals surface area contributed by atoms with Crippen molar-refractivity contribution in [3.8, 4) is 22.3 Å². The van der Waals surface area contributed by atoms with Crippen molar-refractivity contribution in [2.45, 2.75) is 19.8 Å². The molecule has 1 aromatic heterocycles. The summed E-state index contributed by atoms with van der Waals surface area (Å²) < 4.78 is 2.25. The van der Waals surface area contributed by atoms with E-state index in [4.69, 9.17) is 0 Å². The van der Waals surface area contributed by atoms with Gasteiger partial charge in [0.1, 0.15) is 0 Å². The first-order valence-electron chi connectivity index (χ1n) is 11.1. The second kappa shape index (κ2) is 15.2. The van der Waals surface area contributed by atoms with Crippen LogP contribution in [-0.4, -0.2) is 3.71 Å². The number of rotatable bonds is 3. The molecule has 0 saturated heterocycles. The number of hydrogen-bond acceptors (Lipinski definition) is 1. The maximum atomic E-state index is 3.30. The monoisotopic (exact) mass is 590 g/mol. The summed E-state index contributed by atoms with van der Waals surface area (Å²) in [5.74, 6) is 0. The van der Waals surface area contributed by atoms with E-state index in [9.17, 15) is 0 Å². The SMILES string of the molecule is Cc1ccc[c-]1-c1ccsc1.[Cl-].[Cl-].[Zr+2]=[CH]Cc1ccccc1.[c-]1cccc2c1Cc1ccccc1-2. The molecule has 1 heterocycles. The van der Waals surface area contributed by atoms with Crippen molar-refractivity contribution in [2.75, 3.05) is 0 Å². The number of fused-ring (bicyclic) bond motifs is 3. The minimum Gasteiger partial charge on any atom is -0.179 e. The molecule has 0 N–H and O–H groups in total. The van der Waals surface area contributed by atoms with Gasteiger partial charge in [-0.05, 0) is 6.42 Å². The van der Waals surface area contributed by atoms with Gasteiger partial charge in [0.15, 0.2) is 0 Å². The van der Waals surface area contributed by atoms with Gasteiger partial charge in [-0.2, -0.15) is 35.9 Å². The molecule has 1 aliphatic rings. The van der Waals surface area contributed by atoms with Gasteiger partial charge in [0, 0.05) is 0 Å². The van der Waals surface area contributed by atoms with E-state index < -0.39 is 0 Å². The summed E-state index contributed by atoms with van der Waals surface area (Å²) in [6.45, 7) is 2.15. The Morgan fingerprint density at radius 1 is 0.886 bits per heavy atom. The van der Waals surface area contributed by atoms with Crippen molar-refractivity contribution < 1.29 is 49.0 Å². The zero-order chi connectivity index (χ0) is 22.9. The van der Waals surface area contributed by atoms with Crippen molar-refractivity contribution in [3.05, 3.63) is 136 Å². The fraction of sp³-hybridized carbons (Fsp3) is 0.0968. The van der Waals surface area contributed by atoms with E-state index in [1.54, 1.807) is 11.3 Å². The summed E-state index contributed by atoms with van der Waals surface area (Å²) in [6, 6.07) is 37.2. The Labute approximate surface area is 240 Å². The summed E-state index contributed by atoms with van der Waals surface area (Å²) >= 11 is 3.25. The van der Waals surface area contributed by atoms with Crippen molar-refractivity contribution in [2.24, 2.45) is 0 Å². The molecule has 0 atom stereocenters. The van der Waals surface area contributed by atoms with Gasteiger partial charge in [0.05, 0.1) is 0 Å². The Hall–Kier alpha value is -1.96. The van der Waals surface area contributed by atoms with Crippen LogP contribution in [0.1, 0.15) is 22.3 Å². The molecule has 0 aliphatic heterocycles. The molecular formula is C31H26Cl2SZr-2. The van der Waals surface area contributed by atoms with Crippen LogP contribution in [0.3, 0.4) is 0 Å². The first-order valence-corrected chi connectivity index (χ1v) is 13.5. The predicted molar refractivity (Wildman–Crippen MR) is 140 cm³/mol. The fourth-order valence-corrected chi connectivity index (χ4v) is 5.22. The van der Waals surface area contributed by atoms with Crippen LogP contribution < -0.4 is 24.8 Å². The van der Waals surface area contributed by atoms with Crippen molar-refractivity contribution in [1.29, 1.82) is 0 Å². The van der Waals surface area contributed by atoms with Crippen molar-refractivity contribution >= 4 is 15.0 Å². The molecule has 0 fully saturated rings. The molecule has 35 heavy (non-hydrogen) atoms. The van der Waals surface area contributed by atoms with Gasteiger partial charge >= 0.3 is 70.3 Å². The third kappa shape index (κ3) is 8.02. The number of hydrogen-bond donors (Lipinski definition) is 0. The molecule has 176 valence electrons. The minimum absolute atomic E-state index is 0. The zero-order valence-electron chi connectivity index (χ0n) is 19.5. The van der Waals surface area contributed by atoms with Crippen LogP contribution in [0.5, 0.6) is 0 Å². The number of halogens is 2. The normalized spacial score (nSPS) is 10.1. The van der Waals surface area contributed by atoms with Gasteiger partial charge in [0.25, 0.3) is 0 Å². The molecule has 5 aromatic rings. The molecule has 0 bridgehead atoms. The van der Waals surface area contributed by atoms with Crippen LogP contribution in [0.25, 0.3) is 22.3 Å². The van der Waals surface area contributed by atoms with Crippen LogP contribution in [0.15, 0.2) is 108 Å². The number of aryl methyl sites for hydroxylation is 1. The van der Waals surface area contributed by atoms with Gasteiger partial charge < -0.3 is 24.8 Å². The molecule has 1 aliphatic carbocycles. The Balaban J connectivity index is 0.000000183. The molecule has 0 radical (unpaired) electrons. The molecule has 0 spiro atoms. The van der Waals surface area contributed by atoms with E-state index in [-0.39, 0.29) is 24.8 Å². The first kappa shape index (κ1) is 29.3. The summed E-state index contributed by atoms with van der Waals surface area (Å²) in [4.78, 5) is 0. The Morgan fingerprint density at radius 3 is 2.31 bits per heavy atom. The van der Waals surface area contributed by atoms with Gasteiger partial charge in [-0.3, -0.25) is 0 Å². The predicted octanol–water partition coefficient (Wildman–Crippen LogP) is 2.09. The Bertz CT molecular complexity index is 1250. The quantitative estimate of drug-likeness (QED) is 0.276. The summed E-state index contributed by atoms with van der Waals surface area (Å²) in [6.07, 6.45) is 2.17. The molecule has 0 unspecified atom stereocenters. The van der Waals surface area contributed by atoms with Crippen LogP contribution >= 0.6 is 11.3 Å². The van der Waals surface area contributed by atoms with E-state index in [0.29, 0.717) is 0 Å². The summed E-state index contributed by atoms with van der Waals surface area (Å²) in [5.41, 5.74) is 11.0. The van der Waals surface area contributed by atoms with Gasteiger partial charge in [0.2, 0.25) is 0 Å². The zero-order valence-corrected chi connectivity index (χ0v) is 24.3. The van der Waals surface area contributed by atoms with Crippen LogP contribution in [0.4, 0.5) is 0 Å². The molecular weight excluding hydrogens is 567 g/mol. The minimum atomic E-state index is 0. The number of benzene rings is 3. The van der Waals surface area contributed by atoms with Crippen LogP contribution in [0.2, 0.25) is 0 Å². The van der Waals surface area contributed by atoms with Crippen molar-refractivity contribution in [3.63, 3.8) is 0 Å². The number of thiophene rings is 1. The topological polar surface area (TPSA) is 0 Å². The molecule has 6 rings (SSSR count). The van der Waals surface area contributed by atoms with Crippen molar-refractivity contribution in [1.82, 2.24) is 0 Å². The Morgan fingerprint density at radius 2 is 1.63 bits per heavy atom. The van der Waals surface area contributed by atoms with E-state index in [1.807, 2.05) is 12.1 Å². The molecule has 4 aromatic carbocycles. The average Bonchev–Trinajstić information content (AvgIpc) is 3.60. The van der Waals surface area contributed by atoms with Crippen LogP contribution in [-0.2, 0) is 37.1 Å². The third-order valence-corrected chi connectivity index (χ3v) is 6.85. The second-order valence-corrected chi connectivity index (χ2v) is 9.71. The van der Waals surface area contributed by atoms with Gasteiger partial charge in [-0.25, -0.2) is 11.3 Å². The van der Waals surface area contributed by atoms with E-state index in [1.165, 1.54) is 68.7 Å². The third-order valence-electron chi connectivity index (χ3n) is 5.66. The van der Waals surface area contributed by atoms with E-state index in [0.717, 1.165) is 12.8 Å². The maximum Gasteiger partial charge on any atom is -0.0253 e. The van der Waals surface area contributed by atoms with Gasteiger partial charge in [-0.15, -0.1) is 34.9 Å².